The highest BCUT2D eigenvalue weighted by atomic mass is 16.5. The molecule has 4 heteroatoms. The molecule has 1 fully saturated rings. The van der Waals surface area contributed by atoms with Crippen LogP contribution in [0.3, 0.4) is 0 Å². The maximum atomic E-state index is 12.6. The van der Waals surface area contributed by atoms with E-state index in [1.165, 1.54) is 6.42 Å². The molecule has 0 amide bonds. The van der Waals surface area contributed by atoms with Crippen molar-refractivity contribution in [3.8, 4) is 0 Å². The van der Waals surface area contributed by atoms with Crippen LogP contribution in [0.2, 0.25) is 0 Å². The number of carbonyl (C=O) groups is 1. The van der Waals surface area contributed by atoms with Crippen LogP contribution < -0.4 is 5.73 Å². The van der Waals surface area contributed by atoms with Gasteiger partial charge in [0.05, 0.1) is 12.0 Å². The Kier molecular flexibility index (Phi) is 5.12. The molecule has 0 saturated heterocycles. The van der Waals surface area contributed by atoms with Gasteiger partial charge >= 0.3 is 5.97 Å². The molecule has 1 heterocycles. The normalized spacial score (nSPS) is 19.3. The van der Waals surface area contributed by atoms with Gasteiger partial charge in [-0.3, -0.25) is 9.78 Å². The number of hydrogen-bond acceptors (Lipinski definition) is 4. The fourth-order valence-electron chi connectivity index (χ4n) is 3.43. The highest BCUT2D eigenvalue weighted by Crippen LogP contribution is 2.47. The van der Waals surface area contributed by atoms with Crippen molar-refractivity contribution in [2.24, 2.45) is 11.1 Å². The van der Waals surface area contributed by atoms with E-state index in [2.05, 4.69) is 4.98 Å². The van der Waals surface area contributed by atoms with Gasteiger partial charge in [-0.05, 0) is 37.5 Å². The van der Waals surface area contributed by atoms with E-state index in [4.69, 9.17) is 10.5 Å². The summed E-state index contributed by atoms with van der Waals surface area (Å²) in [7, 11) is 0. The van der Waals surface area contributed by atoms with E-state index in [9.17, 15) is 4.79 Å². The number of aromatic nitrogens is 1. The van der Waals surface area contributed by atoms with E-state index < -0.39 is 5.41 Å². The van der Waals surface area contributed by atoms with Crippen LogP contribution in [0.15, 0.2) is 24.5 Å². The Morgan fingerprint density at radius 1 is 1.35 bits per heavy atom. The van der Waals surface area contributed by atoms with Crippen molar-refractivity contribution in [2.45, 2.75) is 44.9 Å². The van der Waals surface area contributed by atoms with Crippen molar-refractivity contribution in [2.75, 3.05) is 13.2 Å². The summed E-state index contributed by atoms with van der Waals surface area (Å²) in [6, 6.07) is 3.93. The molecule has 0 radical (unpaired) electrons. The van der Waals surface area contributed by atoms with E-state index in [1.807, 2.05) is 19.1 Å². The number of pyridine rings is 1. The summed E-state index contributed by atoms with van der Waals surface area (Å²) in [5.74, 6) is -0.0585. The summed E-state index contributed by atoms with van der Waals surface area (Å²) >= 11 is 0. The Morgan fingerprint density at radius 3 is 2.55 bits per heavy atom. The number of hydrogen-bond donors (Lipinski definition) is 1. The molecule has 0 spiro atoms. The molecular weight excluding hydrogens is 252 g/mol. The lowest BCUT2D eigenvalue weighted by atomic mass is 9.63. The molecule has 0 aromatic carbocycles. The third kappa shape index (κ3) is 2.85. The zero-order valence-corrected chi connectivity index (χ0v) is 12.2. The molecule has 20 heavy (non-hydrogen) atoms. The third-order valence-electron chi connectivity index (χ3n) is 4.44. The molecule has 0 bridgehead atoms. The van der Waals surface area contributed by atoms with E-state index in [0.29, 0.717) is 13.2 Å². The van der Waals surface area contributed by atoms with Gasteiger partial charge < -0.3 is 10.5 Å². The predicted octanol–water partition coefficient (Wildman–Crippen LogP) is 2.64. The third-order valence-corrected chi connectivity index (χ3v) is 4.44. The first-order valence-corrected chi connectivity index (χ1v) is 7.52. The summed E-state index contributed by atoms with van der Waals surface area (Å²) in [5, 5.41) is 0. The number of nitrogens with two attached hydrogens (primary N) is 1. The van der Waals surface area contributed by atoms with Gasteiger partial charge in [-0.1, -0.05) is 19.3 Å². The minimum atomic E-state index is -0.454. The number of rotatable bonds is 5. The minimum Gasteiger partial charge on any atom is -0.466 e. The highest BCUT2D eigenvalue weighted by Gasteiger charge is 2.47. The Labute approximate surface area is 120 Å². The van der Waals surface area contributed by atoms with Gasteiger partial charge in [0.1, 0.15) is 0 Å². The average molecular weight is 276 g/mol. The summed E-state index contributed by atoms with van der Waals surface area (Å²) in [6.07, 6.45) is 8.60. The van der Waals surface area contributed by atoms with Crippen LogP contribution in [0.4, 0.5) is 0 Å². The van der Waals surface area contributed by atoms with E-state index in [0.717, 1.165) is 31.2 Å². The zero-order chi connectivity index (χ0) is 14.4. The zero-order valence-electron chi connectivity index (χ0n) is 12.2. The molecule has 2 rings (SSSR count). The molecule has 110 valence electrons. The molecule has 1 aromatic rings. The van der Waals surface area contributed by atoms with Gasteiger partial charge in [0.15, 0.2) is 0 Å². The molecule has 1 aliphatic carbocycles. The summed E-state index contributed by atoms with van der Waals surface area (Å²) in [6.45, 7) is 2.75. The lowest BCUT2D eigenvalue weighted by Gasteiger charge is -2.41. The van der Waals surface area contributed by atoms with Crippen molar-refractivity contribution >= 4 is 5.97 Å². The second kappa shape index (κ2) is 6.84. The van der Waals surface area contributed by atoms with Crippen LogP contribution in [0.5, 0.6) is 0 Å². The van der Waals surface area contributed by atoms with Gasteiger partial charge in [-0.25, -0.2) is 0 Å². The van der Waals surface area contributed by atoms with Crippen molar-refractivity contribution in [1.82, 2.24) is 4.98 Å². The maximum Gasteiger partial charge on any atom is 0.312 e. The fraction of sp³-hybridized carbons (Fsp3) is 0.625. The van der Waals surface area contributed by atoms with Crippen LogP contribution in [-0.2, 0) is 9.53 Å². The second-order valence-electron chi connectivity index (χ2n) is 5.51. The largest absolute Gasteiger partial charge is 0.466 e. The second-order valence-corrected chi connectivity index (χ2v) is 5.51. The van der Waals surface area contributed by atoms with E-state index >= 15 is 0 Å². The molecular formula is C16H24N2O2. The van der Waals surface area contributed by atoms with Crippen molar-refractivity contribution in [3.63, 3.8) is 0 Å². The lowest BCUT2D eigenvalue weighted by Crippen LogP contribution is -2.43. The maximum absolute atomic E-state index is 12.6. The van der Waals surface area contributed by atoms with Gasteiger partial charge in [-0.2, -0.15) is 0 Å². The fourth-order valence-corrected chi connectivity index (χ4v) is 3.43. The SMILES string of the molecule is CCOC(=O)C1(C(CN)c2ccncc2)CCCCC1. The minimum absolute atomic E-state index is 0.0184. The quantitative estimate of drug-likeness (QED) is 0.840. The van der Waals surface area contributed by atoms with Crippen LogP contribution in [0.1, 0.15) is 50.5 Å². The molecule has 1 aromatic heterocycles. The first-order chi connectivity index (χ1) is 9.74. The Hall–Kier alpha value is -1.42. The smallest absolute Gasteiger partial charge is 0.312 e. The van der Waals surface area contributed by atoms with Crippen molar-refractivity contribution in [1.29, 1.82) is 0 Å². The van der Waals surface area contributed by atoms with Crippen molar-refractivity contribution < 1.29 is 9.53 Å². The Bertz CT molecular complexity index is 427. The van der Waals surface area contributed by atoms with E-state index in [1.54, 1.807) is 12.4 Å². The van der Waals surface area contributed by atoms with Crippen LogP contribution >= 0.6 is 0 Å². The standard InChI is InChI=1S/C16H24N2O2/c1-2-20-15(19)16(8-4-3-5-9-16)14(12-17)13-6-10-18-11-7-13/h6-7,10-11,14H,2-5,8-9,12,17H2,1H3. The van der Waals surface area contributed by atoms with Gasteiger partial charge in [0.2, 0.25) is 0 Å². The van der Waals surface area contributed by atoms with Crippen LogP contribution in [0, 0.1) is 5.41 Å². The number of esters is 1. The summed E-state index contributed by atoms with van der Waals surface area (Å²) in [4.78, 5) is 16.7. The topological polar surface area (TPSA) is 65.2 Å². The molecule has 0 aliphatic heterocycles. The monoisotopic (exact) mass is 276 g/mol. The van der Waals surface area contributed by atoms with Crippen LogP contribution in [0.25, 0.3) is 0 Å². The average Bonchev–Trinajstić information content (AvgIpc) is 2.50. The predicted molar refractivity (Wildman–Crippen MR) is 78.2 cm³/mol. The molecule has 1 aliphatic rings. The molecule has 1 saturated carbocycles. The number of carbonyl (C=O) groups excluding carboxylic acids is 1. The molecule has 1 atom stereocenters. The molecule has 1 unspecified atom stereocenters. The number of ether oxygens (including phenoxy) is 1. The highest BCUT2D eigenvalue weighted by molar-refractivity contribution is 5.78. The first kappa shape index (κ1) is 15.0. The number of nitrogens with zero attached hydrogens (tertiary/aromatic N) is 1. The summed E-state index contributed by atoms with van der Waals surface area (Å²) in [5.41, 5.74) is 6.67. The molecule has 2 N–H and O–H groups in total. The molecule has 4 nitrogen and oxygen atoms in total. The van der Waals surface area contributed by atoms with Crippen LogP contribution in [-0.4, -0.2) is 24.1 Å². The van der Waals surface area contributed by atoms with Crippen molar-refractivity contribution in [3.05, 3.63) is 30.1 Å². The Morgan fingerprint density at radius 2 is 2.00 bits per heavy atom. The van der Waals surface area contributed by atoms with E-state index in [-0.39, 0.29) is 11.9 Å². The van der Waals surface area contributed by atoms with Gasteiger partial charge in [0, 0.05) is 24.9 Å². The summed E-state index contributed by atoms with van der Waals surface area (Å²) < 4.78 is 5.38. The Balaban J connectivity index is 2.35. The first-order valence-electron chi connectivity index (χ1n) is 7.52. The van der Waals surface area contributed by atoms with Gasteiger partial charge in [0.25, 0.3) is 0 Å². The van der Waals surface area contributed by atoms with Gasteiger partial charge in [-0.15, -0.1) is 0 Å². The lowest BCUT2D eigenvalue weighted by molar-refractivity contribution is -0.159.